The highest BCUT2D eigenvalue weighted by Gasteiger charge is 2.38. The Morgan fingerprint density at radius 1 is 1.09 bits per heavy atom. The first-order valence-electron chi connectivity index (χ1n) is 7.41. The van der Waals surface area contributed by atoms with E-state index in [9.17, 15) is 0 Å². The quantitative estimate of drug-likeness (QED) is 0.542. The molecule has 3 N–H and O–H groups in total. The highest BCUT2D eigenvalue weighted by Crippen LogP contribution is 2.51. The Morgan fingerprint density at radius 3 is 2.82 bits per heavy atom. The predicted octanol–water partition coefficient (Wildman–Crippen LogP) is 5.40. The molecule has 0 bridgehead atoms. The lowest BCUT2D eigenvalue weighted by Crippen LogP contribution is -2.29. The molecule has 4 heteroatoms. The van der Waals surface area contributed by atoms with Gasteiger partial charge >= 0.3 is 0 Å². The van der Waals surface area contributed by atoms with Gasteiger partial charge in [0.1, 0.15) is 0 Å². The monoisotopic (exact) mass is 330 g/mol. The van der Waals surface area contributed by atoms with Crippen LogP contribution in [0.4, 0.5) is 11.4 Å². The van der Waals surface area contributed by atoms with Gasteiger partial charge in [-0.3, -0.25) is 0 Å². The number of nitrogens with one attached hydrogen (secondary N) is 1. The van der Waals surface area contributed by atoms with Crippen molar-refractivity contribution in [3.05, 3.63) is 69.7 Å². The SMILES string of the molecule is Nc1ccc2c(c1)[C@@H]1C=CC[C@H]1[C@@H](c1cccc(Cl)c1Cl)N2. The molecule has 0 aromatic heterocycles. The lowest BCUT2D eigenvalue weighted by atomic mass is 9.77. The summed E-state index contributed by atoms with van der Waals surface area (Å²) in [6.07, 6.45) is 5.56. The van der Waals surface area contributed by atoms with Crippen molar-refractivity contribution < 1.29 is 0 Å². The normalized spacial score (nSPS) is 25.5. The maximum absolute atomic E-state index is 6.46. The van der Waals surface area contributed by atoms with Crippen LogP contribution >= 0.6 is 23.2 Å². The number of nitrogen functional groups attached to an aromatic ring is 1. The molecule has 3 atom stereocenters. The summed E-state index contributed by atoms with van der Waals surface area (Å²) in [5, 5.41) is 4.89. The second-order valence-electron chi connectivity index (χ2n) is 5.97. The average molecular weight is 331 g/mol. The van der Waals surface area contributed by atoms with Crippen molar-refractivity contribution in [3.8, 4) is 0 Å². The number of anilines is 2. The van der Waals surface area contributed by atoms with Gasteiger partial charge in [0.05, 0.1) is 16.1 Å². The van der Waals surface area contributed by atoms with Crippen LogP contribution in [0.1, 0.15) is 29.5 Å². The van der Waals surface area contributed by atoms with Crippen LogP contribution in [0.3, 0.4) is 0 Å². The molecule has 0 saturated heterocycles. The fraction of sp³-hybridized carbons (Fsp3) is 0.222. The molecule has 0 amide bonds. The molecule has 1 heterocycles. The zero-order chi connectivity index (χ0) is 15.3. The minimum atomic E-state index is 0.155. The molecule has 0 spiro atoms. The van der Waals surface area contributed by atoms with E-state index in [1.807, 2.05) is 18.2 Å². The zero-order valence-electron chi connectivity index (χ0n) is 11.9. The molecule has 0 saturated carbocycles. The summed E-state index contributed by atoms with van der Waals surface area (Å²) in [6, 6.07) is 12.1. The van der Waals surface area contributed by atoms with Crippen LogP contribution in [-0.2, 0) is 0 Å². The minimum Gasteiger partial charge on any atom is -0.399 e. The number of fused-ring (bicyclic) bond motifs is 3. The van der Waals surface area contributed by atoms with Gasteiger partial charge in [0.2, 0.25) is 0 Å². The van der Waals surface area contributed by atoms with E-state index in [1.165, 1.54) is 5.56 Å². The van der Waals surface area contributed by atoms with Gasteiger partial charge in [-0.2, -0.15) is 0 Å². The third-order valence-electron chi connectivity index (χ3n) is 4.70. The van der Waals surface area contributed by atoms with Crippen LogP contribution < -0.4 is 11.1 Å². The maximum Gasteiger partial charge on any atom is 0.0645 e. The first-order chi connectivity index (χ1) is 10.6. The van der Waals surface area contributed by atoms with Gasteiger partial charge in [-0.15, -0.1) is 0 Å². The van der Waals surface area contributed by atoms with Crippen molar-refractivity contribution in [2.75, 3.05) is 11.1 Å². The molecule has 0 unspecified atom stereocenters. The molecule has 0 fully saturated rings. The number of hydrogen-bond donors (Lipinski definition) is 2. The number of halogens is 2. The Bertz CT molecular complexity index is 770. The molecule has 2 aliphatic rings. The Morgan fingerprint density at radius 2 is 1.95 bits per heavy atom. The highest BCUT2D eigenvalue weighted by molar-refractivity contribution is 6.42. The predicted molar refractivity (Wildman–Crippen MR) is 93.7 cm³/mol. The van der Waals surface area contributed by atoms with E-state index in [1.54, 1.807) is 0 Å². The molecule has 112 valence electrons. The lowest BCUT2D eigenvalue weighted by molar-refractivity contribution is 0.426. The summed E-state index contributed by atoms with van der Waals surface area (Å²) in [4.78, 5) is 0. The number of rotatable bonds is 1. The van der Waals surface area contributed by atoms with Crippen LogP contribution in [0.2, 0.25) is 10.0 Å². The van der Waals surface area contributed by atoms with Crippen LogP contribution in [0.25, 0.3) is 0 Å². The summed E-state index contributed by atoms with van der Waals surface area (Å²) >= 11 is 12.7. The van der Waals surface area contributed by atoms with Crippen molar-refractivity contribution >= 4 is 34.6 Å². The van der Waals surface area contributed by atoms with Gasteiger partial charge in [0.15, 0.2) is 0 Å². The van der Waals surface area contributed by atoms with Gasteiger partial charge in [0, 0.05) is 17.3 Å². The number of benzene rings is 2. The van der Waals surface area contributed by atoms with Crippen LogP contribution in [0.15, 0.2) is 48.6 Å². The Balaban J connectivity index is 1.83. The highest BCUT2D eigenvalue weighted by atomic mass is 35.5. The van der Waals surface area contributed by atoms with Gasteiger partial charge in [0.25, 0.3) is 0 Å². The standard InChI is InChI=1S/C18H16Cl2N2/c19-15-6-2-5-13(17(15)20)18-12-4-1-3-11(12)14-9-10(21)7-8-16(14)22-18/h1-3,5-9,11-12,18,22H,4,21H2/t11-,12-,18+/m1/s1. The van der Waals surface area contributed by atoms with Gasteiger partial charge in [-0.25, -0.2) is 0 Å². The van der Waals surface area contributed by atoms with Crippen molar-refractivity contribution in [1.82, 2.24) is 0 Å². The molecule has 1 aliphatic carbocycles. The Hall–Kier alpha value is -1.64. The maximum atomic E-state index is 6.46. The fourth-order valence-corrected chi connectivity index (χ4v) is 4.11. The first kappa shape index (κ1) is 14.0. The third-order valence-corrected chi connectivity index (χ3v) is 5.54. The fourth-order valence-electron chi connectivity index (χ4n) is 3.68. The summed E-state index contributed by atoms with van der Waals surface area (Å²) < 4.78 is 0. The molecule has 1 aliphatic heterocycles. The topological polar surface area (TPSA) is 38.0 Å². The summed E-state index contributed by atoms with van der Waals surface area (Å²) in [5.74, 6) is 0.810. The molecule has 4 rings (SSSR count). The van der Waals surface area contributed by atoms with E-state index >= 15 is 0 Å². The largest absolute Gasteiger partial charge is 0.399 e. The van der Waals surface area contributed by atoms with Gasteiger partial charge in [-0.05, 0) is 47.7 Å². The van der Waals surface area contributed by atoms with Crippen molar-refractivity contribution in [3.63, 3.8) is 0 Å². The molecular formula is C18H16Cl2N2. The van der Waals surface area contributed by atoms with Crippen LogP contribution in [0, 0.1) is 5.92 Å². The first-order valence-corrected chi connectivity index (χ1v) is 8.17. The Labute approximate surface area is 139 Å². The van der Waals surface area contributed by atoms with Crippen molar-refractivity contribution in [2.45, 2.75) is 18.4 Å². The van der Waals surface area contributed by atoms with E-state index in [2.05, 4.69) is 35.7 Å². The smallest absolute Gasteiger partial charge is 0.0645 e. The van der Waals surface area contributed by atoms with E-state index < -0.39 is 0 Å². The van der Waals surface area contributed by atoms with Crippen LogP contribution in [0.5, 0.6) is 0 Å². The van der Waals surface area contributed by atoms with Gasteiger partial charge < -0.3 is 11.1 Å². The number of nitrogens with two attached hydrogens (primary N) is 1. The summed E-state index contributed by atoms with van der Waals surface area (Å²) in [5.41, 5.74) is 10.2. The zero-order valence-corrected chi connectivity index (χ0v) is 13.4. The van der Waals surface area contributed by atoms with E-state index in [0.717, 1.165) is 23.4 Å². The summed E-state index contributed by atoms with van der Waals surface area (Å²) in [6.45, 7) is 0. The summed E-state index contributed by atoms with van der Waals surface area (Å²) in [7, 11) is 0. The third kappa shape index (κ3) is 2.10. The number of allylic oxidation sites excluding steroid dienone is 2. The molecule has 2 nitrogen and oxygen atoms in total. The van der Waals surface area contributed by atoms with E-state index in [-0.39, 0.29) is 6.04 Å². The Kier molecular flexibility index (Phi) is 3.32. The van der Waals surface area contributed by atoms with Crippen LogP contribution in [-0.4, -0.2) is 0 Å². The molecule has 2 aromatic rings. The lowest BCUT2D eigenvalue weighted by Gasteiger charge is -2.38. The second kappa shape index (κ2) is 5.22. The molecular weight excluding hydrogens is 315 g/mol. The second-order valence-corrected chi connectivity index (χ2v) is 6.75. The van der Waals surface area contributed by atoms with Crippen molar-refractivity contribution in [1.29, 1.82) is 0 Å². The van der Waals surface area contributed by atoms with Crippen molar-refractivity contribution in [2.24, 2.45) is 5.92 Å². The molecule has 2 aromatic carbocycles. The number of hydrogen-bond acceptors (Lipinski definition) is 2. The molecule has 0 radical (unpaired) electrons. The average Bonchev–Trinajstić information content (AvgIpc) is 2.99. The van der Waals surface area contributed by atoms with Gasteiger partial charge in [-0.1, -0.05) is 47.5 Å². The minimum absolute atomic E-state index is 0.155. The van der Waals surface area contributed by atoms with E-state index in [0.29, 0.717) is 21.9 Å². The molecule has 22 heavy (non-hydrogen) atoms. The van der Waals surface area contributed by atoms with E-state index in [4.69, 9.17) is 28.9 Å².